The van der Waals surface area contributed by atoms with E-state index in [0.29, 0.717) is 67.0 Å². The molecule has 41 heavy (non-hydrogen) atoms. The van der Waals surface area contributed by atoms with Crippen LogP contribution in [-0.4, -0.2) is 86.6 Å². The molecule has 1 N–H and O–H groups in total. The summed E-state index contributed by atoms with van der Waals surface area (Å²) < 4.78 is 44.4. The second kappa shape index (κ2) is 17.8. The van der Waals surface area contributed by atoms with Crippen molar-refractivity contribution in [2.75, 3.05) is 75.6 Å². The average Bonchev–Trinajstić information content (AvgIpc) is 3.24. The molecule has 0 spiro atoms. The summed E-state index contributed by atoms with van der Waals surface area (Å²) in [6, 6.07) is 8.24. The van der Waals surface area contributed by atoms with E-state index >= 15 is 0 Å². The third kappa shape index (κ3) is 9.85. The molecule has 0 aromatic heterocycles. The molecule has 0 aliphatic carbocycles. The largest absolute Gasteiger partial charge is 0.493 e. The lowest BCUT2D eigenvalue weighted by molar-refractivity contribution is 0.107. The summed E-state index contributed by atoms with van der Waals surface area (Å²) in [5.74, 6) is 3.75. The van der Waals surface area contributed by atoms with Crippen molar-refractivity contribution in [1.82, 2.24) is 10.2 Å². The minimum atomic E-state index is 0.499. The predicted molar refractivity (Wildman–Crippen MR) is 158 cm³/mol. The highest BCUT2D eigenvalue weighted by Crippen LogP contribution is 2.39. The van der Waals surface area contributed by atoms with Gasteiger partial charge in [0.2, 0.25) is 11.5 Å². The van der Waals surface area contributed by atoms with Gasteiger partial charge in [0.05, 0.1) is 55.9 Å². The number of rotatable bonds is 18. The van der Waals surface area contributed by atoms with E-state index in [1.165, 1.54) is 12.8 Å². The van der Waals surface area contributed by atoms with E-state index in [0.717, 1.165) is 50.1 Å². The Balaban J connectivity index is 1.30. The molecule has 1 fully saturated rings. The van der Waals surface area contributed by atoms with Crippen LogP contribution in [0.5, 0.6) is 34.5 Å². The molecular weight excluding hydrogens is 528 g/mol. The SMILES string of the molecule is COc1cc(COCCCC2CCCN(CCCOCc3cc(OC)c(OC)c(OC)c3)CN2)cc(OC)c1OC. The summed E-state index contributed by atoms with van der Waals surface area (Å²) in [4.78, 5) is 2.48. The van der Waals surface area contributed by atoms with Crippen molar-refractivity contribution in [1.29, 1.82) is 0 Å². The lowest BCUT2D eigenvalue weighted by Gasteiger charge is -2.21. The van der Waals surface area contributed by atoms with Crippen LogP contribution in [0.25, 0.3) is 0 Å². The van der Waals surface area contributed by atoms with Crippen LogP contribution in [-0.2, 0) is 22.7 Å². The zero-order valence-electron chi connectivity index (χ0n) is 25.6. The van der Waals surface area contributed by atoms with Crippen LogP contribution in [0, 0.1) is 0 Å². The highest BCUT2D eigenvalue weighted by Gasteiger charge is 2.17. The summed E-state index contributed by atoms with van der Waals surface area (Å²) in [5.41, 5.74) is 1.99. The summed E-state index contributed by atoms with van der Waals surface area (Å²) in [5, 5.41) is 3.73. The first-order chi connectivity index (χ1) is 20.1. The molecule has 1 aliphatic heterocycles. The Morgan fingerprint density at radius 1 is 0.683 bits per heavy atom. The molecule has 2 aromatic carbocycles. The van der Waals surface area contributed by atoms with Crippen molar-refractivity contribution in [3.05, 3.63) is 35.4 Å². The Bertz CT molecular complexity index is 919. The fourth-order valence-corrected chi connectivity index (χ4v) is 5.08. The maximum Gasteiger partial charge on any atom is 0.203 e. The molecule has 1 saturated heterocycles. The number of nitrogens with one attached hydrogen (secondary N) is 1. The van der Waals surface area contributed by atoms with Crippen LogP contribution < -0.4 is 33.7 Å². The Kier molecular flexibility index (Phi) is 14.1. The minimum absolute atomic E-state index is 0.499. The molecular formula is C31H48N2O8. The number of hydrogen-bond acceptors (Lipinski definition) is 10. The molecule has 0 saturated carbocycles. The second-order valence-electron chi connectivity index (χ2n) is 9.99. The van der Waals surface area contributed by atoms with Crippen LogP contribution >= 0.6 is 0 Å². The van der Waals surface area contributed by atoms with E-state index in [2.05, 4.69) is 10.2 Å². The lowest BCUT2D eigenvalue weighted by Crippen LogP contribution is -2.37. The monoisotopic (exact) mass is 576 g/mol. The average molecular weight is 577 g/mol. The maximum absolute atomic E-state index is 5.96. The smallest absolute Gasteiger partial charge is 0.203 e. The summed E-state index contributed by atoms with van der Waals surface area (Å²) in [7, 11) is 9.69. The van der Waals surface area contributed by atoms with Crippen LogP contribution in [0.3, 0.4) is 0 Å². The van der Waals surface area contributed by atoms with Crippen molar-refractivity contribution in [2.24, 2.45) is 0 Å². The first-order valence-electron chi connectivity index (χ1n) is 14.3. The Hall–Kier alpha value is -2.92. The summed E-state index contributed by atoms with van der Waals surface area (Å²) >= 11 is 0. The van der Waals surface area contributed by atoms with E-state index < -0.39 is 0 Å². The van der Waals surface area contributed by atoms with E-state index in [1.54, 1.807) is 42.7 Å². The van der Waals surface area contributed by atoms with Crippen LogP contribution in [0.2, 0.25) is 0 Å². The molecule has 1 atom stereocenters. The Labute approximate surface area is 245 Å². The molecule has 10 heteroatoms. The normalized spacial score (nSPS) is 15.7. The lowest BCUT2D eigenvalue weighted by atomic mass is 10.1. The first-order valence-corrected chi connectivity index (χ1v) is 14.3. The van der Waals surface area contributed by atoms with Crippen LogP contribution in [0.15, 0.2) is 24.3 Å². The number of nitrogens with zero attached hydrogens (tertiary/aromatic N) is 1. The van der Waals surface area contributed by atoms with Gasteiger partial charge in [-0.25, -0.2) is 0 Å². The molecule has 0 amide bonds. The van der Waals surface area contributed by atoms with Gasteiger partial charge in [0.25, 0.3) is 0 Å². The van der Waals surface area contributed by atoms with Gasteiger partial charge in [0.15, 0.2) is 23.0 Å². The van der Waals surface area contributed by atoms with E-state index in [9.17, 15) is 0 Å². The van der Waals surface area contributed by atoms with Gasteiger partial charge in [-0.3, -0.25) is 4.90 Å². The molecule has 1 unspecified atom stereocenters. The Morgan fingerprint density at radius 2 is 1.17 bits per heavy atom. The molecule has 0 radical (unpaired) electrons. The fraction of sp³-hybridized carbons (Fsp3) is 0.613. The van der Waals surface area contributed by atoms with Gasteiger partial charge in [-0.2, -0.15) is 0 Å². The fourth-order valence-electron chi connectivity index (χ4n) is 5.08. The predicted octanol–water partition coefficient (Wildman–Crippen LogP) is 4.65. The highest BCUT2D eigenvalue weighted by atomic mass is 16.5. The van der Waals surface area contributed by atoms with Crippen molar-refractivity contribution >= 4 is 0 Å². The third-order valence-electron chi connectivity index (χ3n) is 7.22. The van der Waals surface area contributed by atoms with Crippen molar-refractivity contribution < 1.29 is 37.9 Å². The third-order valence-corrected chi connectivity index (χ3v) is 7.22. The quantitative estimate of drug-likeness (QED) is 0.253. The Morgan fingerprint density at radius 3 is 1.63 bits per heavy atom. The molecule has 1 heterocycles. The summed E-state index contributed by atoms with van der Waals surface area (Å²) in [6.45, 7) is 5.43. The molecule has 0 bridgehead atoms. The molecule has 2 aromatic rings. The molecule has 1 aliphatic rings. The summed E-state index contributed by atoms with van der Waals surface area (Å²) in [6.07, 6.45) is 5.46. The number of methoxy groups -OCH3 is 6. The van der Waals surface area contributed by atoms with Gasteiger partial charge >= 0.3 is 0 Å². The number of benzene rings is 2. The minimum Gasteiger partial charge on any atom is -0.493 e. The van der Waals surface area contributed by atoms with E-state index in [-0.39, 0.29) is 0 Å². The molecule has 230 valence electrons. The van der Waals surface area contributed by atoms with Crippen molar-refractivity contribution in [2.45, 2.75) is 51.4 Å². The van der Waals surface area contributed by atoms with Gasteiger partial charge in [-0.05, 0) is 74.0 Å². The van der Waals surface area contributed by atoms with E-state index in [4.69, 9.17) is 37.9 Å². The second-order valence-corrected chi connectivity index (χ2v) is 9.99. The first kappa shape index (κ1) is 32.6. The standard InChI is InChI=1S/C31H48N2O8/c1-34-26-16-23(17-27(35-2)30(26)38-5)20-40-14-8-11-25-10-7-12-33(22-32-25)13-9-15-41-21-24-18-28(36-3)31(39-6)29(19-24)37-4/h16-19,25,32H,7-15,20-22H2,1-6H3. The number of hydrogen-bond donors (Lipinski definition) is 1. The van der Waals surface area contributed by atoms with Gasteiger partial charge in [-0.1, -0.05) is 0 Å². The zero-order chi connectivity index (χ0) is 29.5. The van der Waals surface area contributed by atoms with Gasteiger partial charge in [0, 0.05) is 32.5 Å². The van der Waals surface area contributed by atoms with Crippen LogP contribution in [0.1, 0.15) is 43.2 Å². The molecule has 3 rings (SSSR count). The topological polar surface area (TPSA) is 89.1 Å². The van der Waals surface area contributed by atoms with E-state index in [1.807, 2.05) is 24.3 Å². The van der Waals surface area contributed by atoms with Gasteiger partial charge in [-0.15, -0.1) is 0 Å². The van der Waals surface area contributed by atoms with Gasteiger partial charge < -0.3 is 43.2 Å². The van der Waals surface area contributed by atoms with Crippen molar-refractivity contribution in [3.8, 4) is 34.5 Å². The van der Waals surface area contributed by atoms with Crippen LogP contribution in [0.4, 0.5) is 0 Å². The highest BCUT2D eigenvalue weighted by molar-refractivity contribution is 5.54. The number of ether oxygens (including phenoxy) is 8. The maximum atomic E-state index is 5.96. The van der Waals surface area contributed by atoms with Crippen molar-refractivity contribution in [3.63, 3.8) is 0 Å². The van der Waals surface area contributed by atoms with Gasteiger partial charge in [0.1, 0.15) is 0 Å². The zero-order valence-corrected chi connectivity index (χ0v) is 25.6. The molecule has 10 nitrogen and oxygen atoms in total.